The van der Waals surface area contributed by atoms with Gasteiger partial charge in [0.2, 0.25) is 0 Å². The van der Waals surface area contributed by atoms with Crippen LogP contribution in [-0.2, 0) is 6.54 Å². The van der Waals surface area contributed by atoms with Gasteiger partial charge in [-0.1, -0.05) is 12.1 Å². The quantitative estimate of drug-likeness (QED) is 0.752. The van der Waals surface area contributed by atoms with E-state index in [1.165, 1.54) is 15.3 Å². The van der Waals surface area contributed by atoms with Gasteiger partial charge in [0.15, 0.2) is 0 Å². The maximum absolute atomic E-state index is 4.25. The Hall–Kier alpha value is -2.07. The number of hydrogen-bond donors (Lipinski definition) is 1. The minimum atomic E-state index is 0.323. The second-order valence-electron chi connectivity index (χ2n) is 5.22. The van der Waals surface area contributed by atoms with E-state index in [0.717, 1.165) is 12.2 Å². The van der Waals surface area contributed by atoms with E-state index in [-0.39, 0.29) is 0 Å². The molecule has 3 nitrogen and oxygen atoms in total. The molecule has 1 N–H and O–H groups in total. The normalized spacial score (nSPS) is 12.3. The summed E-state index contributed by atoms with van der Waals surface area (Å²) in [6.45, 7) is 5.14. The molecule has 0 aliphatic rings. The van der Waals surface area contributed by atoms with E-state index >= 15 is 0 Å². The van der Waals surface area contributed by atoms with Gasteiger partial charge < -0.3 is 5.32 Å². The third kappa shape index (κ3) is 3.52. The second kappa shape index (κ2) is 6.14. The minimum Gasteiger partial charge on any atom is -0.378 e. The minimum absolute atomic E-state index is 0.323. The van der Waals surface area contributed by atoms with Crippen molar-refractivity contribution in [3.8, 4) is 0 Å². The first-order valence-electron chi connectivity index (χ1n) is 7.10. The molecule has 0 saturated carbocycles. The van der Waals surface area contributed by atoms with E-state index in [1.807, 2.05) is 34.5 Å². The summed E-state index contributed by atoms with van der Waals surface area (Å²) in [5.41, 5.74) is 2.40. The first-order valence-corrected chi connectivity index (χ1v) is 7.91. The van der Waals surface area contributed by atoms with Crippen LogP contribution in [0.1, 0.15) is 28.3 Å². The van der Waals surface area contributed by atoms with E-state index in [4.69, 9.17) is 0 Å². The highest BCUT2D eigenvalue weighted by molar-refractivity contribution is 7.12. The molecule has 3 aromatic rings. The van der Waals surface area contributed by atoms with Crippen molar-refractivity contribution in [2.75, 3.05) is 5.32 Å². The number of hydrogen-bond acceptors (Lipinski definition) is 3. The van der Waals surface area contributed by atoms with Crippen LogP contribution in [0.2, 0.25) is 0 Å². The molecule has 0 spiro atoms. The lowest BCUT2D eigenvalue weighted by Crippen LogP contribution is -2.06. The first kappa shape index (κ1) is 13.9. The van der Waals surface area contributed by atoms with Gasteiger partial charge in [-0.05, 0) is 49.7 Å². The van der Waals surface area contributed by atoms with Gasteiger partial charge in [-0.2, -0.15) is 5.10 Å². The van der Waals surface area contributed by atoms with Crippen molar-refractivity contribution in [2.45, 2.75) is 26.4 Å². The van der Waals surface area contributed by atoms with Crippen molar-refractivity contribution < 1.29 is 0 Å². The van der Waals surface area contributed by atoms with Gasteiger partial charge in [-0.15, -0.1) is 11.3 Å². The van der Waals surface area contributed by atoms with Gasteiger partial charge in [0, 0.05) is 27.8 Å². The fourth-order valence-corrected chi connectivity index (χ4v) is 3.23. The first-order chi connectivity index (χ1) is 10.2. The lowest BCUT2D eigenvalue weighted by Gasteiger charge is -2.14. The summed E-state index contributed by atoms with van der Waals surface area (Å²) in [6.07, 6.45) is 3.79. The molecule has 1 unspecified atom stereocenters. The molecule has 21 heavy (non-hydrogen) atoms. The molecular formula is C17H19N3S. The number of nitrogens with zero attached hydrogens (tertiary/aromatic N) is 2. The molecule has 1 atom stereocenters. The second-order valence-corrected chi connectivity index (χ2v) is 6.54. The van der Waals surface area contributed by atoms with Crippen LogP contribution in [0.5, 0.6) is 0 Å². The summed E-state index contributed by atoms with van der Waals surface area (Å²) in [4.78, 5) is 2.72. The Morgan fingerprint density at radius 2 is 2.14 bits per heavy atom. The number of rotatable bonds is 5. The Labute approximate surface area is 129 Å². The molecule has 0 radical (unpaired) electrons. The molecule has 3 rings (SSSR count). The number of thiophene rings is 1. The molecule has 0 saturated heterocycles. The molecule has 0 bridgehead atoms. The average molecular weight is 297 g/mol. The van der Waals surface area contributed by atoms with Crippen molar-refractivity contribution in [3.05, 3.63) is 70.2 Å². The monoisotopic (exact) mass is 297 g/mol. The van der Waals surface area contributed by atoms with Crippen LogP contribution < -0.4 is 5.32 Å². The predicted octanol–water partition coefficient (Wildman–Crippen LogP) is 4.47. The average Bonchev–Trinajstić information content (AvgIpc) is 3.11. The number of anilines is 1. The molecule has 0 aliphatic heterocycles. The standard InChI is InChI=1S/C17H19N3S/c1-13-7-8-17(21-13)14(2)19-16-6-3-5-15(11-16)12-20-10-4-9-18-20/h3-11,14,19H,12H2,1-2H3. The lowest BCUT2D eigenvalue weighted by molar-refractivity contribution is 0.687. The fourth-order valence-electron chi connectivity index (χ4n) is 2.35. The van der Waals surface area contributed by atoms with E-state index in [0.29, 0.717) is 6.04 Å². The highest BCUT2D eigenvalue weighted by Crippen LogP contribution is 2.26. The Morgan fingerprint density at radius 3 is 2.86 bits per heavy atom. The Morgan fingerprint density at radius 1 is 1.24 bits per heavy atom. The SMILES string of the molecule is Cc1ccc(C(C)Nc2cccc(Cn3cccn3)c2)s1. The largest absolute Gasteiger partial charge is 0.378 e. The van der Waals surface area contributed by atoms with Crippen LogP contribution in [0.25, 0.3) is 0 Å². The summed E-state index contributed by atoms with van der Waals surface area (Å²) >= 11 is 1.85. The zero-order valence-corrected chi connectivity index (χ0v) is 13.1. The van der Waals surface area contributed by atoms with Crippen molar-refractivity contribution in [2.24, 2.45) is 0 Å². The number of aryl methyl sites for hydroxylation is 1. The maximum atomic E-state index is 4.25. The van der Waals surface area contributed by atoms with Crippen LogP contribution in [0.4, 0.5) is 5.69 Å². The van der Waals surface area contributed by atoms with Crippen molar-refractivity contribution in [3.63, 3.8) is 0 Å². The topological polar surface area (TPSA) is 29.9 Å². The maximum Gasteiger partial charge on any atom is 0.0660 e. The Balaban J connectivity index is 1.71. The molecule has 1 aromatic carbocycles. The van der Waals surface area contributed by atoms with Crippen molar-refractivity contribution in [1.82, 2.24) is 9.78 Å². The number of aromatic nitrogens is 2. The van der Waals surface area contributed by atoms with E-state index in [9.17, 15) is 0 Å². The number of nitrogens with one attached hydrogen (secondary N) is 1. The van der Waals surface area contributed by atoms with Gasteiger partial charge in [-0.25, -0.2) is 0 Å². The van der Waals surface area contributed by atoms with Crippen LogP contribution in [-0.4, -0.2) is 9.78 Å². The number of benzene rings is 1. The van der Waals surface area contributed by atoms with E-state index < -0.39 is 0 Å². The van der Waals surface area contributed by atoms with E-state index in [1.54, 1.807) is 0 Å². The summed E-state index contributed by atoms with van der Waals surface area (Å²) in [5, 5.41) is 7.82. The van der Waals surface area contributed by atoms with Gasteiger partial charge >= 0.3 is 0 Å². The molecule has 2 aromatic heterocycles. The van der Waals surface area contributed by atoms with Crippen LogP contribution in [0, 0.1) is 6.92 Å². The molecular weight excluding hydrogens is 278 g/mol. The van der Waals surface area contributed by atoms with Crippen LogP contribution >= 0.6 is 11.3 Å². The molecule has 2 heterocycles. The van der Waals surface area contributed by atoms with Crippen molar-refractivity contribution >= 4 is 17.0 Å². The molecule has 0 amide bonds. The zero-order valence-electron chi connectivity index (χ0n) is 12.3. The summed E-state index contributed by atoms with van der Waals surface area (Å²) in [5.74, 6) is 0. The lowest BCUT2D eigenvalue weighted by atomic mass is 10.2. The Kier molecular flexibility index (Phi) is 4.06. The highest BCUT2D eigenvalue weighted by Gasteiger charge is 2.07. The molecule has 0 fully saturated rings. The molecule has 0 aliphatic carbocycles. The fraction of sp³-hybridized carbons (Fsp3) is 0.235. The van der Waals surface area contributed by atoms with Gasteiger partial charge in [0.1, 0.15) is 0 Å². The highest BCUT2D eigenvalue weighted by atomic mass is 32.1. The predicted molar refractivity (Wildman–Crippen MR) is 88.9 cm³/mol. The van der Waals surface area contributed by atoms with Crippen LogP contribution in [0.15, 0.2) is 54.9 Å². The van der Waals surface area contributed by atoms with Crippen molar-refractivity contribution in [1.29, 1.82) is 0 Å². The van der Waals surface area contributed by atoms with Crippen LogP contribution in [0.3, 0.4) is 0 Å². The smallest absolute Gasteiger partial charge is 0.0660 e. The third-order valence-corrected chi connectivity index (χ3v) is 4.59. The zero-order chi connectivity index (χ0) is 14.7. The third-order valence-electron chi connectivity index (χ3n) is 3.40. The molecule has 4 heteroatoms. The summed E-state index contributed by atoms with van der Waals surface area (Å²) < 4.78 is 1.94. The summed E-state index contributed by atoms with van der Waals surface area (Å²) in [7, 11) is 0. The Bertz CT molecular complexity index is 700. The van der Waals surface area contributed by atoms with Gasteiger partial charge in [0.05, 0.1) is 12.6 Å². The van der Waals surface area contributed by atoms with Gasteiger partial charge in [0.25, 0.3) is 0 Å². The van der Waals surface area contributed by atoms with E-state index in [2.05, 4.69) is 60.7 Å². The molecule has 108 valence electrons. The summed E-state index contributed by atoms with van der Waals surface area (Å²) in [6, 6.07) is 15.2. The van der Waals surface area contributed by atoms with Gasteiger partial charge in [-0.3, -0.25) is 4.68 Å².